The minimum absolute atomic E-state index is 0.109. The third kappa shape index (κ3) is 2.80. The Bertz CT molecular complexity index is 345. The lowest BCUT2D eigenvalue weighted by molar-refractivity contribution is -0.122. The number of likely N-dealkylation sites (N-methyl/N-ethyl adjacent to an activating group) is 1. The van der Waals surface area contributed by atoms with Crippen molar-refractivity contribution < 1.29 is 9.90 Å². The summed E-state index contributed by atoms with van der Waals surface area (Å²) in [4.78, 5) is 11.5. The maximum Gasteiger partial charge on any atom is 0.149 e. The van der Waals surface area contributed by atoms with E-state index in [1.807, 2.05) is 19.1 Å². The summed E-state index contributed by atoms with van der Waals surface area (Å²) in [5.41, 5.74) is 0.497. The van der Waals surface area contributed by atoms with E-state index >= 15 is 0 Å². The summed E-state index contributed by atoms with van der Waals surface area (Å²) in [6, 6.07) is 6.92. The summed E-state index contributed by atoms with van der Waals surface area (Å²) in [6.07, 6.45) is 0.624. The van der Waals surface area contributed by atoms with Crippen molar-refractivity contribution in [2.24, 2.45) is 0 Å². The van der Waals surface area contributed by atoms with Crippen LogP contribution in [0, 0.1) is 0 Å². The number of carbonyl (C=O) groups excluding carboxylic acids is 1. The molecule has 3 nitrogen and oxygen atoms in total. The first-order valence-corrected chi connectivity index (χ1v) is 4.96. The van der Waals surface area contributed by atoms with E-state index in [-0.39, 0.29) is 11.5 Å². The zero-order valence-corrected chi connectivity index (χ0v) is 9.37. The van der Waals surface area contributed by atoms with Crippen LogP contribution in [-0.4, -0.2) is 23.5 Å². The fraction of sp³-hybridized carbons (Fsp3) is 0.417. The number of carbonyl (C=O) groups is 1. The molecule has 1 aromatic carbocycles. The van der Waals surface area contributed by atoms with Crippen LogP contribution in [0.5, 0.6) is 5.75 Å². The Hall–Kier alpha value is -1.35. The van der Waals surface area contributed by atoms with Crippen LogP contribution < -0.4 is 5.32 Å². The lowest BCUT2D eigenvalue weighted by atomic mass is 9.89. The third-order valence-corrected chi connectivity index (χ3v) is 2.82. The van der Waals surface area contributed by atoms with Crippen molar-refractivity contribution in [3.63, 3.8) is 0 Å². The van der Waals surface area contributed by atoms with Crippen LogP contribution in [0.25, 0.3) is 0 Å². The molecule has 0 fully saturated rings. The van der Waals surface area contributed by atoms with Crippen LogP contribution in [0.15, 0.2) is 24.3 Å². The van der Waals surface area contributed by atoms with Crippen molar-refractivity contribution >= 4 is 5.78 Å². The highest BCUT2D eigenvalue weighted by atomic mass is 16.3. The van der Waals surface area contributed by atoms with Crippen LogP contribution in [0.1, 0.15) is 19.4 Å². The smallest absolute Gasteiger partial charge is 0.149 e. The second kappa shape index (κ2) is 4.45. The van der Waals surface area contributed by atoms with Crippen molar-refractivity contribution in [3.05, 3.63) is 29.8 Å². The average molecular weight is 207 g/mol. The molecule has 0 aliphatic heterocycles. The highest BCUT2D eigenvalue weighted by molar-refractivity contribution is 5.85. The second-order valence-corrected chi connectivity index (χ2v) is 3.98. The quantitative estimate of drug-likeness (QED) is 0.786. The van der Waals surface area contributed by atoms with Gasteiger partial charge in [0.1, 0.15) is 11.5 Å². The first-order chi connectivity index (χ1) is 6.98. The van der Waals surface area contributed by atoms with Crippen LogP contribution in [0.2, 0.25) is 0 Å². The maximum absolute atomic E-state index is 11.5. The number of Topliss-reactive ketones (excluding diaryl/α,β-unsaturated/α-hetero) is 1. The van der Waals surface area contributed by atoms with Crippen LogP contribution in [-0.2, 0) is 11.2 Å². The number of nitrogens with one attached hydrogen (secondary N) is 1. The molecular weight excluding hydrogens is 190 g/mol. The molecule has 0 aliphatic carbocycles. The predicted molar refractivity (Wildman–Crippen MR) is 60.0 cm³/mol. The van der Waals surface area contributed by atoms with E-state index in [4.69, 9.17) is 5.11 Å². The Labute approximate surface area is 90.1 Å². The molecule has 1 rings (SSSR count). The van der Waals surface area contributed by atoms with Gasteiger partial charge in [-0.2, -0.15) is 0 Å². The number of aromatic hydroxyl groups is 1. The summed E-state index contributed by atoms with van der Waals surface area (Å²) in [5.74, 6) is 0.353. The largest absolute Gasteiger partial charge is 0.508 e. The number of hydrogen-bond donors (Lipinski definition) is 2. The molecule has 2 N–H and O–H groups in total. The van der Waals surface area contributed by atoms with Crippen molar-refractivity contribution in [1.82, 2.24) is 5.32 Å². The lowest BCUT2D eigenvalue weighted by Crippen LogP contribution is -2.48. The predicted octanol–water partition coefficient (Wildman–Crippen LogP) is 1.50. The summed E-state index contributed by atoms with van der Waals surface area (Å²) in [7, 11) is 1.78. The van der Waals surface area contributed by atoms with Gasteiger partial charge in [-0.15, -0.1) is 0 Å². The fourth-order valence-electron chi connectivity index (χ4n) is 1.41. The first kappa shape index (κ1) is 11.7. The highest BCUT2D eigenvalue weighted by Gasteiger charge is 2.27. The van der Waals surface area contributed by atoms with Crippen molar-refractivity contribution in [1.29, 1.82) is 0 Å². The Morgan fingerprint density at radius 1 is 1.40 bits per heavy atom. The number of hydrogen-bond acceptors (Lipinski definition) is 3. The van der Waals surface area contributed by atoms with E-state index in [0.29, 0.717) is 6.42 Å². The molecule has 0 bridgehead atoms. The topological polar surface area (TPSA) is 49.3 Å². The molecule has 0 aliphatic rings. The first-order valence-electron chi connectivity index (χ1n) is 4.96. The molecule has 0 saturated heterocycles. The summed E-state index contributed by atoms with van der Waals surface area (Å²) < 4.78 is 0. The van der Waals surface area contributed by atoms with Gasteiger partial charge in [0.2, 0.25) is 0 Å². The van der Waals surface area contributed by atoms with E-state index in [1.54, 1.807) is 26.1 Å². The minimum atomic E-state index is -0.531. The molecule has 0 unspecified atom stereocenters. The van der Waals surface area contributed by atoms with Gasteiger partial charge in [-0.3, -0.25) is 4.79 Å². The maximum atomic E-state index is 11.5. The van der Waals surface area contributed by atoms with Gasteiger partial charge in [-0.05, 0) is 45.0 Å². The van der Waals surface area contributed by atoms with Gasteiger partial charge in [0, 0.05) is 0 Å². The van der Waals surface area contributed by atoms with Gasteiger partial charge in [0.25, 0.3) is 0 Å². The number of benzene rings is 1. The van der Waals surface area contributed by atoms with E-state index in [2.05, 4.69) is 5.32 Å². The number of phenolic OH excluding ortho intramolecular Hbond substituents is 1. The van der Waals surface area contributed by atoms with Crippen LogP contribution >= 0.6 is 0 Å². The Kier molecular flexibility index (Phi) is 3.48. The van der Waals surface area contributed by atoms with E-state index < -0.39 is 5.54 Å². The summed E-state index contributed by atoms with van der Waals surface area (Å²) in [5, 5.41) is 12.2. The Balaban J connectivity index is 2.84. The monoisotopic (exact) mass is 207 g/mol. The van der Waals surface area contributed by atoms with Gasteiger partial charge < -0.3 is 10.4 Å². The van der Waals surface area contributed by atoms with Crippen LogP contribution in [0.4, 0.5) is 0 Å². The zero-order valence-electron chi connectivity index (χ0n) is 9.37. The fourth-order valence-corrected chi connectivity index (χ4v) is 1.41. The Morgan fingerprint density at radius 3 is 2.33 bits per heavy atom. The molecule has 0 heterocycles. The molecule has 0 aromatic heterocycles. The van der Waals surface area contributed by atoms with Crippen molar-refractivity contribution in [2.45, 2.75) is 25.8 Å². The van der Waals surface area contributed by atoms with Gasteiger partial charge in [0.05, 0.1) is 5.54 Å². The zero-order chi connectivity index (χ0) is 11.5. The number of phenols is 1. The number of rotatable bonds is 4. The van der Waals surface area contributed by atoms with Gasteiger partial charge >= 0.3 is 0 Å². The SMILES string of the molecule is CN[C@@](C)(Cc1ccc(O)cc1)C(C)=O. The Morgan fingerprint density at radius 2 is 1.93 bits per heavy atom. The minimum Gasteiger partial charge on any atom is -0.508 e. The van der Waals surface area contributed by atoms with E-state index in [1.165, 1.54) is 0 Å². The average Bonchev–Trinajstić information content (AvgIpc) is 2.21. The molecule has 0 radical (unpaired) electrons. The molecular formula is C12H17NO2. The molecule has 0 saturated carbocycles. The molecule has 82 valence electrons. The second-order valence-electron chi connectivity index (χ2n) is 3.98. The van der Waals surface area contributed by atoms with Gasteiger partial charge in [-0.25, -0.2) is 0 Å². The molecule has 15 heavy (non-hydrogen) atoms. The molecule has 3 heteroatoms. The molecule has 1 atom stereocenters. The van der Waals surface area contributed by atoms with Gasteiger partial charge in [0.15, 0.2) is 0 Å². The molecule has 0 amide bonds. The van der Waals surface area contributed by atoms with E-state index in [9.17, 15) is 4.79 Å². The molecule has 1 aromatic rings. The third-order valence-electron chi connectivity index (χ3n) is 2.82. The van der Waals surface area contributed by atoms with Gasteiger partial charge in [-0.1, -0.05) is 12.1 Å². The highest BCUT2D eigenvalue weighted by Crippen LogP contribution is 2.16. The van der Waals surface area contributed by atoms with Crippen molar-refractivity contribution in [2.75, 3.05) is 7.05 Å². The normalized spacial score (nSPS) is 14.6. The number of ketones is 1. The lowest BCUT2D eigenvalue weighted by Gasteiger charge is -2.26. The van der Waals surface area contributed by atoms with Crippen LogP contribution in [0.3, 0.4) is 0 Å². The molecule has 0 spiro atoms. The van der Waals surface area contributed by atoms with Crippen molar-refractivity contribution in [3.8, 4) is 5.75 Å². The van der Waals surface area contributed by atoms with E-state index in [0.717, 1.165) is 5.56 Å². The summed E-state index contributed by atoms with van der Waals surface area (Å²) >= 11 is 0. The summed E-state index contributed by atoms with van der Waals surface area (Å²) in [6.45, 7) is 3.46. The standard InChI is InChI=1S/C12H17NO2/c1-9(14)12(2,13-3)8-10-4-6-11(15)7-5-10/h4-7,13,15H,8H2,1-3H3/t12-/m0/s1.